The maximum Gasteiger partial charge on any atom is 0.260 e. The van der Waals surface area contributed by atoms with Crippen LogP contribution < -0.4 is 10.3 Å². The van der Waals surface area contributed by atoms with E-state index in [0.29, 0.717) is 32.6 Å². The minimum absolute atomic E-state index is 0.00815. The fourth-order valence-corrected chi connectivity index (χ4v) is 3.62. The van der Waals surface area contributed by atoms with Gasteiger partial charge in [0.1, 0.15) is 0 Å². The normalized spacial score (nSPS) is 11.2. The summed E-state index contributed by atoms with van der Waals surface area (Å²) < 4.78 is 18.9. The maximum absolute atomic E-state index is 13.9. The predicted molar refractivity (Wildman–Crippen MR) is 121 cm³/mol. The number of halogens is 2. The van der Waals surface area contributed by atoms with Crippen molar-refractivity contribution in [2.75, 3.05) is 7.11 Å². The molecule has 0 spiro atoms. The van der Waals surface area contributed by atoms with Gasteiger partial charge >= 0.3 is 0 Å². The van der Waals surface area contributed by atoms with E-state index < -0.39 is 17.2 Å². The number of rotatable bonds is 5. The fourth-order valence-electron chi connectivity index (χ4n) is 3.45. The van der Waals surface area contributed by atoms with E-state index in [4.69, 9.17) is 16.3 Å². The first kappa shape index (κ1) is 20.6. The summed E-state index contributed by atoms with van der Waals surface area (Å²) in [4.78, 5) is 28.7. The van der Waals surface area contributed by atoms with Gasteiger partial charge in [0.05, 0.1) is 12.7 Å². The number of ether oxygens (including phenoxy) is 1. The van der Waals surface area contributed by atoms with Crippen LogP contribution in [0.3, 0.4) is 0 Å². The molecular weight excluding hydrogens is 417 g/mol. The Morgan fingerprint density at radius 1 is 1.06 bits per heavy atom. The average molecular weight is 434 g/mol. The minimum Gasteiger partial charge on any atom is -0.494 e. The molecule has 154 valence electrons. The summed E-state index contributed by atoms with van der Waals surface area (Å²) >= 11 is 6.19. The van der Waals surface area contributed by atoms with Gasteiger partial charge < -0.3 is 9.72 Å². The number of pyridine rings is 1. The molecule has 4 rings (SSSR count). The highest BCUT2D eigenvalue weighted by molar-refractivity contribution is 6.31. The second-order valence-electron chi connectivity index (χ2n) is 6.85. The van der Waals surface area contributed by atoms with E-state index in [9.17, 15) is 14.0 Å². The van der Waals surface area contributed by atoms with E-state index in [1.54, 1.807) is 24.3 Å². The number of hydrogen-bond acceptors (Lipinski definition) is 3. The molecule has 0 amide bonds. The molecule has 6 heteroatoms. The summed E-state index contributed by atoms with van der Waals surface area (Å²) in [5.41, 5.74) is 1.74. The van der Waals surface area contributed by atoms with Crippen molar-refractivity contribution in [1.29, 1.82) is 0 Å². The zero-order valence-corrected chi connectivity index (χ0v) is 17.2. The molecular formula is C25H17ClFNO3. The topological polar surface area (TPSA) is 59.2 Å². The highest BCUT2D eigenvalue weighted by Gasteiger charge is 2.19. The number of carbonyl (C=O) groups excluding carboxylic acids is 1. The Morgan fingerprint density at radius 3 is 2.55 bits per heavy atom. The number of hydrogen-bond donors (Lipinski definition) is 1. The number of fused-ring (bicyclic) bond motifs is 1. The molecule has 0 bridgehead atoms. The van der Waals surface area contributed by atoms with Gasteiger partial charge in [0, 0.05) is 21.5 Å². The van der Waals surface area contributed by atoms with Gasteiger partial charge in [0.15, 0.2) is 17.3 Å². The van der Waals surface area contributed by atoms with Crippen LogP contribution in [0.4, 0.5) is 4.39 Å². The second-order valence-corrected chi connectivity index (χ2v) is 7.29. The Balaban J connectivity index is 1.87. The highest BCUT2D eigenvalue weighted by Crippen LogP contribution is 2.31. The molecule has 4 nitrogen and oxygen atoms in total. The summed E-state index contributed by atoms with van der Waals surface area (Å²) in [5.74, 6) is -0.934. The van der Waals surface area contributed by atoms with E-state index in [-0.39, 0.29) is 11.3 Å². The first-order chi connectivity index (χ1) is 15.0. The molecule has 0 unspecified atom stereocenters. The van der Waals surface area contributed by atoms with Gasteiger partial charge in [-0.25, -0.2) is 4.39 Å². The number of aromatic nitrogens is 1. The SMILES string of the molecule is COc1ccc(/C=C/C(=O)c2c(-c3ccccc3)c3cc(Cl)ccc3[nH]c2=O)cc1F. The van der Waals surface area contributed by atoms with Gasteiger partial charge in [-0.05, 0) is 47.5 Å². The Kier molecular flexibility index (Phi) is 5.69. The molecule has 0 radical (unpaired) electrons. The van der Waals surface area contributed by atoms with Crippen LogP contribution in [0.25, 0.3) is 28.1 Å². The summed E-state index contributed by atoms with van der Waals surface area (Å²) in [6.07, 6.45) is 2.72. The van der Waals surface area contributed by atoms with Crippen molar-refractivity contribution in [3.8, 4) is 16.9 Å². The van der Waals surface area contributed by atoms with Crippen molar-refractivity contribution < 1.29 is 13.9 Å². The number of H-pyrrole nitrogens is 1. The van der Waals surface area contributed by atoms with Gasteiger partial charge in [0.2, 0.25) is 0 Å². The van der Waals surface area contributed by atoms with Crippen molar-refractivity contribution in [2.45, 2.75) is 0 Å². The quantitative estimate of drug-likeness (QED) is 0.315. The Morgan fingerprint density at radius 2 is 1.84 bits per heavy atom. The number of ketones is 1. The number of benzene rings is 3. The van der Waals surface area contributed by atoms with Crippen LogP contribution in [0.15, 0.2) is 77.6 Å². The van der Waals surface area contributed by atoms with E-state index in [0.717, 1.165) is 0 Å². The van der Waals surface area contributed by atoms with Crippen molar-refractivity contribution in [1.82, 2.24) is 4.98 Å². The molecule has 1 heterocycles. The first-order valence-corrected chi connectivity index (χ1v) is 9.82. The molecule has 3 aromatic carbocycles. The Hall–Kier alpha value is -3.70. The lowest BCUT2D eigenvalue weighted by molar-refractivity contribution is 0.104. The summed E-state index contributed by atoms with van der Waals surface area (Å²) in [5, 5.41) is 1.14. The Bertz CT molecular complexity index is 1380. The number of nitrogens with one attached hydrogen (secondary N) is 1. The monoisotopic (exact) mass is 433 g/mol. The zero-order valence-electron chi connectivity index (χ0n) is 16.5. The average Bonchev–Trinajstić information content (AvgIpc) is 2.77. The van der Waals surface area contributed by atoms with Crippen molar-refractivity contribution >= 4 is 34.4 Å². The van der Waals surface area contributed by atoms with Crippen LogP contribution in [-0.2, 0) is 0 Å². The summed E-state index contributed by atoms with van der Waals surface area (Å²) in [6.45, 7) is 0. The van der Waals surface area contributed by atoms with Gasteiger partial charge in [0.25, 0.3) is 5.56 Å². The highest BCUT2D eigenvalue weighted by atomic mass is 35.5. The van der Waals surface area contributed by atoms with Crippen LogP contribution in [0.5, 0.6) is 5.75 Å². The van der Waals surface area contributed by atoms with E-state index in [2.05, 4.69) is 4.98 Å². The standard InChI is InChI=1S/C25H17ClFNO3/c1-31-22-12-8-15(13-19(22)27)7-11-21(29)24-23(16-5-3-2-4-6-16)18-14-17(26)9-10-20(18)28-25(24)30/h2-14H,1H3,(H,28,30)/b11-7+. The third-order valence-electron chi connectivity index (χ3n) is 4.89. The molecule has 0 aliphatic heterocycles. The largest absolute Gasteiger partial charge is 0.494 e. The van der Waals surface area contributed by atoms with Gasteiger partial charge in [-0.2, -0.15) is 0 Å². The number of carbonyl (C=O) groups is 1. The molecule has 31 heavy (non-hydrogen) atoms. The first-order valence-electron chi connectivity index (χ1n) is 9.45. The summed E-state index contributed by atoms with van der Waals surface area (Å²) in [6, 6.07) is 18.6. The fraction of sp³-hybridized carbons (Fsp3) is 0.0400. The van der Waals surface area contributed by atoms with Gasteiger partial charge in [-0.3, -0.25) is 9.59 Å². The van der Waals surface area contributed by atoms with E-state index in [1.165, 1.54) is 31.4 Å². The smallest absolute Gasteiger partial charge is 0.260 e. The van der Waals surface area contributed by atoms with Gasteiger partial charge in [-0.1, -0.05) is 54.1 Å². The van der Waals surface area contributed by atoms with Crippen molar-refractivity contribution in [3.05, 3.63) is 105 Å². The molecule has 1 aromatic heterocycles. The molecule has 0 atom stereocenters. The lowest BCUT2D eigenvalue weighted by atomic mass is 9.94. The lowest BCUT2D eigenvalue weighted by Crippen LogP contribution is -2.18. The molecule has 0 aliphatic carbocycles. The lowest BCUT2D eigenvalue weighted by Gasteiger charge is -2.11. The Labute approximate surface area is 182 Å². The maximum atomic E-state index is 13.9. The number of methoxy groups -OCH3 is 1. The molecule has 1 N–H and O–H groups in total. The third-order valence-corrected chi connectivity index (χ3v) is 5.12. The second kappa shape index (κ2) is 8.58. The van der Waals surface area contributed by atoms with Crippen molar-refractivity contribution in [3.63, 3.8) is 0 Å². The molecule has 0 aliphatic rings. The van der Waals surface area contributed by atoms with Crippen LogP contribution in [0.2, 0.25) is 5.02 Å². The van der Waals surface area contributed by atoms with Crippen molar-refractivity contribution in [2.24, 2.45) is 0 Å². The van der Waals surface area contributed by atoms with E-state index in [1.807, 2.05) is 30.3 Å². The molecule has 4 aromatic rings. The van der Waals surface area contributed by atoms with Crippen LogP contribution in [0, 0.1) is 5.82 Å². The molecule has 0 saturated carbocycles. The molecule has 0 fully saturated rings. The predicted octanol–water partition coefficient (Wildman–Crippen LogP) is 5.89. The summed E-state index contributed by atoms with van der Waals surface area (Å²) in [7, 11) is 1.38. The number of allylic oxidation sites excluding steroid dienone is 1. The van der Waals surface area contributed by atoms with E-state index >= 15 is 0 Å². The zero-order chi connectivity index (χ0) is 22.0. The minimum atomic E-state index is -0.541. The van der Waals surface area contributed by atoms with Crippen LogP contribution >= 0.6 is 11.6 Å². The molecule has 0 saturated heterocycles. The third kappa shape index (κ3) is 4.13. The van der Waals surface area contributed by atoms with Gasteiger partial charge in [-0.15, -0.1) is 0 Å². The number of aromatic amines is 1. The van der Waals surface area contributed by atoms with Crippen LogP contribution in [0.1, 0.15) is 15.9 Å². The van der Waals surface area contributed by atoms with Crippen LogP contribution in [-0.4, -0.2) is 17.9 Å².